The van der Waals surface area contributed by atoms with Crippen molar-refractivity contribution in [1.82, 2.24) is 0 Å². The van der Waals surface area contributed by atoms with Crippen molar-refractivity contribution in [1.29, 1.82) is 0 Å². The third-order valence-electron chi connectivity index (χ3n) is 7.82. The Morgan fingerprint density at radius 1 is 0.935 bits per heavy atom. The van der Waals surface area contributed by atoms with Crippen LogP contribution in [0.25, 0.3) is 0 Å². The van der Waals surface area contributed by atoms with Crippen LogP contribution in [0.2, 0.25) is 0 Å². The summed E-state index contributed by atoms with van der Waals surface area (Å²) in [4.78, 5) is 0. The lowest BCUT2D eigenvalue weighted by molar-refractivity contribution is -0.294. The first-order valence-corrected chi connectivity index (χ1v) is 12.0. The maximum atomic E-state index is 11.3. The second-order valence-electron chi connectivity index (χ2n) is 9.93. The Labute approximate surface area is 188 Å². The lowest BCUT2D eigenvalue weighted by atomic mass is 9.76. The highest BCUT2D eigenvalue weighted by Gasteiger charge is 2.46. The molecule has 1 aromatic carbocycles. The quantitative estimate of drug-likeness (QED) is 0.651. The van der Waals surface area contributed by atoms with Crippen LogP contribution in [-0.4, -0.2) is 42.9 Å². The topological polar surface area (TPSA) is 57.2 Å². The Morgan fingerprint density at radius 3 is 2.19 bits per heavy atom. The Bertz CT molecular complexity index is 675. The zero-order valence-corrected chi connectivity index (χ0v) is 20.3. The second-order valence-corrected chi connectivity index (χ2v) is 9.93. The lowest BCUT2D eigenvalue weighted by Gasteiger charge is -2.48. The van der Waals surface area contributed by atoms with Gasteiger partial charge >= 0.3 is 0 Å². The molecule has 1 saturated carbocycles. The molecule has 0 radical (unpaired) electrons. The fourth-order valence-corrected chi connectivity index (χ4v) is 5.37. The molecule has 5 heteroatoms. The predicted molar refractivity (Wildman–Crippen MR) is 122 cm³/mol. The SMILES string of the molecule is CCC1OC(OC2C(C)CC(C)C(OCc3ccc(OC)cc3)C2O)C(C)C(C)C1C. The van der Waals surface area contributed by atoms with E-state index in [4.69, 9.17) is 18.9 Å². The van der Waals surface area contributed by atoms with E-state index >= 15 is 0 Å². The van der Waals surface area contributed by atoms with Crippen LogP contribution in [0.3, 0.4) is 0 Å². The number of methoxy groups -OCH3 is 1. The second kappa shape index (κ2) is 10.7. The van der Waals surface area contributed by atoms with Gasteiger partial charge in [0.1, 0.15) is 11.9 Å². The summed E-state index contributed by atoms with van der Waals surface area (Å²) in [6.07, 6.45) is 0.623. The summed E-state index contributed by atoms with van der Waals surface area (Å²) in [6, 6.07) is 7.86. The summed E-state index contributed by atoms with van der Waals surface area (Å²) in [5, 5.41) is 11.3. The Balaban J connectivity index is 1.66. The summed E-state index contributed by atoms with van der Waals surface area (Å²) in [6.45, 7) is 13.7. The first-order valence-electron chi connectivity index (χ1n) is 12.0. The minimum absolute atomic E-state index is 0.202. The van der Waals surface area contributed by atoms with Crippen molar-refractivity contribution >= 4 is 0 Å². The molecule has 1 aromatic rings. The highest BCUT2D eigenvalue weighted by atomic mass is 16.7. The molecule has 1 heterocycles. The minimum Gasteiger partial charge on any atom is -0.497 e. The number of rotatable bonds is 7. The third kappa shape index (κ3) is 5.44. The van der Waals surface area contributed by atoms with Crippen LogP contribution in [0.1, 0.15) is 59.9 Å². The van der Waals surface area contributed by atoms with Crippen molar-refractivity contribution in [3.8, 4) is 5.75 Å². The molecule has 3 rings (SSSR count). The summed E-state index contributed by atoms with van der Waals surface area (Å²) in [7, 11) is 1.66. The molecule has 2 aliphatic rings. The van der Waals surface area contributed by atoms with E-state index in [-0.39, 0.29) is 42.4 Å². The van der Waals surface area contributed by atoms with Gasteiger partial charge < -0.3 is 24.1 Å². The van der Waals surface area contributed by atoms with E-state index < -0.39 is 6.10 Å². The van der Waals surface area contributed by atoms with Crippen LogP contribution in [0.15, 0.2) is 24.3 Å². The van der Waals surface area contributed by atoms with Gasteiger partial charge in [-0.1, -0.05) is 53.7 Å². The Hall–Kier alpha value is -1.14. The first-order chi connectivity index (χ1) is 14.8. The molecule has 10 unspecified atom stereocenters. The van der Waals surface area contributed by atoms with Gasteiger partial charge in [0.2, 0.25) is 0 Å². The van der Waals surface area contributed by atoms with Gasteiger partial charge in [0.25, 0.3) is 0 Å². The van der Waals surface area contributed by atoms with Crippen LogP contribution >= 0.6 is 0 Å². The van der Waals surface area contributed by atoms with Gasteiger partial charge in [0, 0.05) is 5.92 Å². The average Bonchev–Trinajstić information content (AvgIpc) is 2.76. The van der Waals surface area contributed by atoms with Crippen LogP contribution in [0, 0.1) is 29.6 Å². The van der Waals surface area contributed by atoms with Gasteiger partial charge in [-0.3, -0.25) is 0 Å². The normalized spacial score (nSPS) is 41.2. The van der Waals surface area contributed by atoms with Crippen LogP contribution in [0.5, 0.6) is 5.75 Å². The summed E-state index contributed by atoms with van der Waals surface area (Å²) in [5.74, 6) is 2.64. The van der Waals surface area contributed by atoms with Crippen molar-refractivity contribution in [3.05, 3.63) is 29.8 Å². The van der Waals surface area contributed by atoms with Gasteiger partial charge in [0.05, 0.1) is 32.0 Å². The average molecular weight is 435 g/mol. The number of ether oxygens (including phenoxy) is 4. The fraction of sp³-hybridized carbons (Fsp3) is 0.769. The van der Waals surface area contributed by atoms with E-state index in [0.29, 0.717) is 18.4 Å². The number of aliphatic hydroxyl groups is 1. The van der Waals surface area contributed by atoms with Crippen molar-refractivity contribution in [3.63, 3.8) is 0 Å². The highest BCUT2D eigenvalue weighted by molar-refractivity contribution is 5.26. The largest absolute Gasteiger partial charge is 0.497 e. The van der Waals surface area contributed by atoms with E-state index in [1.165, 1.54) is 0 Å². The number of aliphatic hydroxyl groups excluding tert-OH is 1. The monoisotopic (exact) mass is 434 g/mol. The van der Waals surface area contributed by atoms with Crippen LogP contribution in [0.4, 0.5) is 0 Å². The number of hydrogen-bond donors (Lipinski definition) is 1. The maximum Gasteiger partial charge on any atom is 0.161 e. The number of benzene rings is 1. The van der Waals surface area contributed by atoms with Crippen molar-refractivity contribution in [2.24, 2.45) is 29.6 Å². The Kier molecular flexibility index (Phi) is 8.42. The zero-order chi connectivity index (χ0) is 22.7. The van der Waals surface area contributed by atoms with Crippen molar-refractivity contribution < 1.29 is 24.1 Å². The van der Waals surface area contributed by atoms with Gasteiger partial charge in [-0.2, -0.15) is 0 Å². The van der Waals surface area contributed by atoms with Crippen LogP contribution in [-0.2, 0) is 20.8 Å². The molecule has 5 nitrogen and oxygen atoms in total. The molecule has 2 fully saturated rings. The molecule has 0 amide bonds. The van der Waals surface area contributed by atoms with Gasteiger partial charge in [0.15, 0.2) is 6.29 Å². The van der Waals surface area contributed by atoms with E-state index in [9.17, 15) is 5.11 Å². The fourth-order valence-electron chi connectivity index (χ4n) is 5.37. The molecule has 31 heavy (non-hydrogen) atoms. The van der Waals surface area contributed by atoms with Crippen molar-refractivity contribution in [2.75, 3.05) is 7.11 Å². The molecule has 0 aromatic heterocycles. The molecular formula is C26H42O5. The van der Waals surface area contributed by atoms with E-state index in [0.717, 1.165) is 24.2 Å². The zero-order valence-electron chi connectivity index (χ0n) is 20.3. The molecule has 176 valence electrons. The summed E-state index contributed by atoms with van der Waals surface area (Å²) < 4.78 is 24.3. The molecule has 1 saturated heterocycles. The molecule has 1 aliphatic carbocycles. The number of hydrogen-bond acceptors (Lipinski definition) is 5. The molecule has 1 aliphatic heterocycles. The molecular weight excluding hydrogens is 392 g/mol. The molecule has 0 spiro atoms. The maximum absolute atomic E-state index is 11.3. The molecule has 1 N–H and O–H groups in total. The smallest absolute Gasteiger partial charge is 0.161 e. The standard InChI is InChI=1S/C26H42O5/c1-8-22-18(5)17(4)19(6)26(30-22)31-25-16(3)13-15(2)24(23(25)27)29-14-20-9-11-21(28-7)12-10-20/h9-12,15-19,22-27H,8,13-14H2,1-7H3. The summed E-state index contributed by atoms with van der Waals surface area (Å²) in [5.41, 5.74) is 1.06. The predicted octanol–water partition coefficient (Wildman–Crippen LogP) is 5.05. The van der Waals surface area contributed by atoms with Gasteiger partial charge in [-0.25, -0.2) is 0 Å². The molecule has 0 bridgehead atoms. The lowest BCUT2D eigenvalue weighted by Crippen LogP contribution is -2.55. The van der Waals surface area contributed by atoms with Crippen molar-refractivity contribution in [2.45, 2.75) is 91.7 Å². The van der Waals surface area contributed by atoms with E-state index in [2.05, 4.69) is 41.5 Å². The van der Waals surface area contributed by atoms with E-state index in [1.54, 1.807) is 7.11 Å². The summed E-state index contributed by atoms with van der Waals surface area (Å²) >= 11 is 0. The minimum atomic E-state index is -0.678. The third-order valence-corrected chi connectivity index (χ3v) is 7.82. The Morgan fingerprint density at radius 2 is 1.58 bits per heavy atom. The van der Waals surface area contributed by atoms with Crippen LogP contribution < -0.4 is 4.74 Å². The molecule has 10 atom stereocenters. The van der Waals surface area contributed by atoms with E-state index in [1.807, 2.05) is 24.3 Å². The van der Waals surface area contributed by atoms with Gasteiger partial charge in [-0.05, 0) is 54.2 Å². The highest BCUT2D eigenvalue weighted by Crippen LogP contribution is 2.40. The van der Waals surface area contributed by atoms with Gasteiger partial charge in [-0.15, -0.1) is 0 Å². The first kappa shape index (κ1) is 24.5.